The summed E-state index contributed by atoms with van der Waals surface area (Å²) in [7, 11) is 0. The number of aromatic hydroxyl groups is 1. The van der Waals surface area contributed by atoms with Gasteiger partial charge in [-0.25, -0.2) is 0 Å². The molecule has 9 heteroatoms. The Balaban J connectivity index is 1.69. The number of carbonyl (C=O) groups excluding carboxylic acids is 1. The summed E-state index contributed by atoms with van der Waals surface area (Å²) in [5.41, 5.74) is -1.83. The maximum atomic E-state index is 13.3. The Kier molecular flexibility index (Phi) is 5.97. The van der Waals surface area contributed by atoms with Crippen LogP contribution in [0.15, 0.2) is 65.6 Å². The smallest absolute Gasteiger partial charge is 0.416 e. The Hall–Kier alpha value is -3.62. The number of anilines is 1. The van der Waals surface area contributed by atoms with E-state index in [1.165, 1.54) is 10.7 Å². The van der Waals surface area contributed by atoms with Gasteiger partial charge in [0.15, 0.2) is 11.4 Å². The Morgan fingerprint density at radius 1 is 1.09 bits per heavy atom. The molecule has 3 aromatic rings. The number of para-hydroxylation sites is 1. The lowest BCUT2D eigenvalue weighted by Crippen LogP contribution is -2.33. The Bertz CT molecular complexity index is 1220. The predicted molar refractivity (Wildman–Crippen MR) is 116 cm³/mol. The number of amides is 1. The molecule has 1 aliphatic carbocycles. The summed E-state index contributed by atoms with van der Waals surface area (Å²) in [5.74, 6) is -1.43. The van der Waals surface area contributed by atoms with Crippen molar-refractivity contribution in [2.45, 2.75) is 43.8 Å². The SMILES string of the molecule is O=C(Nc1ccccc1)c1nn(CC2(c3cccc(C(F)(F)F)c3)CCCC2)cc(O)c1=O. The van der Waals surface area contributed by atoms with Crippen molar-refractivity contribution in [1.29, 1.82) is 0 Å². The van der Waals surface area contributed by atoms with Gasteiger partial charge in [-0.2, -0.15) is 18.3 Å². The van der Waals surface area contributed by atoms with Gasteiger partial charge in [-0.15, -0.1) is 0 Å². The molecule has 0 spiro atoms. The number of carbonyl (C=O) groups is 1. The van der Waals surface area contributed by atoms with E-state index < -0.39 is 39.9 Å². The fourth-order valence-corrected chi connectivity index (χ4v) is 4.39. The first kappa shape index (κ1) is 22.6. The number of alkyl halides is 3. The van der Waals surface area contributed by atoms with Crippen molar-refractivity contribution in [3.63, 3.8) is 0 Å². The largest absolute Gasteiger partial charge is 0.503 e. The standard InChI is InChI=1S/C24H22F3N3O3/c25-24(26,27)17-8-6-7-16(13-17)23(11-4-5-12-23)15-30-14-19(31)21(32)20(29-30)22(33)28-18-9-2-1-3-10-18/h1-3,6-10,13-14,31H,4-5,11-12,15H2,(H,28,33). The van der Waals surface area contributed by atoms with Crippen molar-refractivity contribution in [2.75, 3.05) is 5.32 Å². The van der Waals surface area contributed by atoms with Crippen molar-refractivity contribution in [1.82, 2.24) is 9.78 Å². The number of nitrogens with one attached hydrogen (secondary N) is 1. The summed E-state index contributed by atoms with van der Waals surface area (Å²) in [4.78, 5) is 25.0. The quantitative estimate of drug-likeness (QED) is 0.580. The molecule has 4 rings (SSSR count). The van der Waals surface area contributed by atoms with Crippen LogP contribution >= 0.6 is 0 Å². The molecule has 0 bridgehead atoms. The highest BCUT2D eigenvalue weighted by Crippen LogP contribution is 2.44. The minimum atomic E-state index is -4.47. The molecule has 0 unspecified atom stereocenters. The van der Waals surface area contributed by atoms with Gasteiger partial charge in [-0.3, -0.25) is 14.3 Å². The zero-order chi connectivity index (χ0) is 23.6. The lowest BCUT2D eigenvalue weighted by atomic mass is 9.78. The predicted octanol–water partition coefficient (Wildman–Crippen LogP) is 4.73. The van der Waals surface area contributed by atoms with E-state index in [0.29, 0.717) is 24.1 Å². The zero-order valence-electron chi connectivity index (χ0n) is 17.6. The van der Waals surface area contributed by atoms with E-state index in [9.17, 15) is 27.9 Å². The second-order valence-corrected chi connectivity index (χ2v) is 8.28. The van der Waals surface area contributed by atoms with Crippen LogP contribution in [0.4, 0.5) is 18.9 Å². The van der Waals surface area contributed by atoms with Crippen LogP contribution in [-0.2, 0) is 18.1 Å². The topological polar surface area (TPSA) is 84.2 Å². The van der Waals surface area contributed by atoms with Crippen LogP contribution in [0.3, 0.4) is 0 Å². The van der Waals surface area contributed by atoms with Crippen molar-refractivity contribution in [2.24, 2.45) is 0 Å². The maximum absolute atomic E-state index is 13.3. The van der Waals surface area contributed by atoms with Crippen molar-refractivity contribution >= 4 is 11.6 Å². The molecular weight excluding hydrogens is 435 g/mol. The van der Waals surface area contributed by atoms with Gasteiger partial charge in [-0.05, 0) is 36.6 Å². The van der Waals surface area contributed by atoms with Crippen LogP contribution < -0.4 is 10.7 Å². The summed E-state index contributed by atoms with van der Waals surface area (Å²) in [6.07, 6.45) is -0.460. The molecule has 0 saturated heterocycles. The number of aromatic nitrogens is 2. The van der Waals surface area contributed by atoms with E-state index in [-0.39, 0.29) is 6.54 Å². The fraction of sp³-hybridized carbons (Fsp3) is 0.292. The summed E-state index contributed by atoms with van der Waals surface area (Å²) in [6.45, 7) is 0.119. The Morgan fingerprint density at radius 2 is 1.79 bits per heavy atom. The van der Waals surface area contributed by atoms with Gasteiger partial charge >= 0.3 is 6.18 Å². The summed E-state index contributed by atoms with van der Waals surface area (Å²) in [5, 5.41) is 16.9. The van der Waals surface area contributed by atoms with Crippen LogP contribution in [0.2, 0.25) is 0 Å². The fourth-order valence-electron chi connectivity index (χ4n) is 4.39. The van der Waals surface area contributed by atoms with Crippen LogP contribution in [0.1, 0.15) is 47.3 Å². The molecular formula is C24H22F3N3O3. The molecule has 2 N–H and O–H groups in total. The van der Waals surface area contributed by atoms with Crippen molar-refractivity contribution in [3.05, 3.63) is 87.8 Å². The monoisotopic (exact) mass is 457 g/mol. The molecule has 1 amide bonds. The first-order chi connectivity index (χ1) is 15.7. The first-order valence-electron chi connectivity index (χ1n) is 10.5. The van der Waals surface area contributed by atoms with E-state index >= 15 is 0 Å². The summed E-state index contributed by atoms with van der Waals surface area (Å²) < 4.78 is 41.2. The summed E-state index contributed by atoms with van der Waals surface area (Å²) in [6, 6.07) is 13.7. The highest BCUT2D eigenvalue weighted by atomic mass is 19.4. The second kappa shape index (κ2) is 8.73. The van der Waals surface area contributed by atoms with Gasteiger partial charge in [0.25, 0.3) is 11.3 Å². The average Bonchev–Trinajstić information content (AvgIpc) is 3.26. The highest BCUT2D eigenvalue weighted by molar-refractivity contribution is 6.02. The third-order valence-corrected chi connectivity index (χ3v) is 6.02. The molecule has 0 aliphatic heterocycles. The van der Waals surface area contributed by atoms with E-state index in [1.807, 2.05) is 0 Å². The van der Waals surface area contributed by atoms with Gasteiger partial charge in [-0.1, -0.05) is 49.2 Å². The van der Waals surface area contributed by atoms with Gasteiger partial charge in [0, 0.05) is 11.1 Å². The first-order valence-corrected chi connectivity index (χ1v) is 10.5. The lowest BCUT2D eigenvalue weighted by Gasteiger charge is -2.31. The zero-order valence-corrected chi connectivity index (χ0v) is 17.6. The third-order valence-electron chi connectivity index (χ3n) is 6.02. The number of benzene rings is 2. The van der Waals surface area contributed by atoms with Crippen molar-refractivity contribution < 1.29 is 23.1 Å². The van der Waals surface area contributed by atoms with Gasteiger partial charge in [0.1, 0.15) is 0 Å². The molecule has 1 aromatic heterocycles. The van der Waals surface area contributed by atoms with Crippen molar-refractivity contribution in [3.8, 4) is 5.75 Å². The van der Waals surface area contributed by atoms with Crippen LogP contribution in [0.25, 0.3) is 0 Å². The number of hydrogen-bond donors (Lipinski definition) is 2. The van der Waals surface area contributed by atoms with E-state index in [4.69, 9.17) is 0 Å². The maximum Gasteiger partial charge on any atom is 0.416 e. The molecule has 33 heavy (non-hydrogen) atoms. The molecule has 1 heterocycles. The molecule has 0 atom stereocenters. The number of rotatable bonds is 5. The molecule has 2 aromatic carbocycles. The van der Waals surface area contributed by atoms with Crippen LogP contribution in [0.5, 0.6) is 5.75 Å². The molecule has 172 valence electrons. The molecule has 1 aliphatic rings. The molecule has 1 fully saturated rings. The second-order valence-electron chi connectivity index (χ2n) is 8.28. The highest BCUT2D eigenvalue weighted by Gasteiger charge is 2.39. The van der Waals surface area contributed by atoms with E-state index in [1.54, 1.807) is 36.4 Å². The summed E-state index contributed by atoms with van der Waals surface area (Å²) >= 11 is 0. The molecule has 6 nitrogen and oxygen atoms in total. The average molecular weight is 457 g/mol. The Morgan fingerprint density at radius 3 is 2.45 bits per heavy atom. The lowest BCUT2D eigenvalue weighted by molar-refractivity contribution is -0.137. The minimum Gasteiger partial charge on any atom is -0.503 e. The number of nitrogens with zero attached hydrogens (tertiary/aromatic N) is 2. The number of hydrogen-bond acceptors (Lipinski definition) is 4. The molecule has 0 radical (unpaired) electrons. The minimum absolute atomic E-state index is 0.119. The van der Waals surface area contributed by atoms with Gasteiger partial charge in [0.05, 0.1) is 18.3 Å². The molecule has 1 saturated carbocycles. The van der Waals surface area contributed by atoms with Gasteiger partial charge in [0.2, 0.25) is 0 Å². The van der Waals surface area contributed by atoms with E-state index in [2.05, 4.69) is 10.4 Å². The normalized spacial score (nSPS) is 15.4. The third kappa shape index (κ3) is 4.76. The van der Waals surface area contributed by atoms with Crippen LogP contribution in [0, 0.1) is 0 Å². The Labute approximate surface area is 187 Å². The van der Waals surface area contributed by atoms with E-state index in [0.717, 1.165) is 31.2 Å². The van der Waals surface area contributed by atoms with Gasteiger partial charge < -0.3 is 10.4 Å². The van der Waals surface area contributed by atoms with Crippen LogP contribution in [-0.4, -0.2) is 20.8 Å². The number of halogens is 3.